The van der Waals surface area contributed by atoms with Crippen LogP contribution in [0.25, 0.3) is 0 Å². The van der Waals surface area contributed by atoms with E-state index in [1.54, 1.807) is 4.90 Å². The second kappa shape index (κ2) is 6.70. The molecule has 0 aromatic heterocycles. The van der Waals surface area contributed by atoms with E-state index in [2.05, 4.69) is 5.32 Å². The van der Waals surface area contributed by atoms with Gasteiger partial charge in [-0.05, 0) is 39.0 Å². The molecule has 7 nitrogen and oxygen atoms in total. The Hall–Kier alpha value is -1.63. The summed E-state index contributed by atoms with van der Waals surface area (Å²) in [7, 11) is 0. The fourth-order valence-corrected chi connectivity index (χ4v) is 4.35. The smallest absolute Gasteiger partial charge is 0.325 e. The first-order valence-corrected chi connectivity index (χ1v) is 9.14. The number of carbonyl (C=O) groups is 3. The number of carbonyl (C=O) groups excluding carboxylic acids is 3. The van der Waals surface area contributed by atoms with Crippen LogP contribution in [0.5, 0.6) is 0 Å². The predicted octanol–water partition coefficient (Wildman–Crippen LogP) is 0.969. The van der Waals surface area contributed by atoms with Gasteiger partial charge in [0.15, 0.2) is 0 Å². The lowest BCUT2D eigenvalue weighted by Gasteiger charge is -2.38. The van der Waals surface area contributed by atoms with E-state index in [1.807, 2.05) is 6.92 Å². The number of amides is 4. The molecular weight excluding hydrogens is 308 g/mol. The zero-order valence-corrected chi connectivity index (χ0v) is 14.4. The van der Waals surface area contributed by atoms with Gasteiger partial charge in [0.05, 0.1) is 0 Å². The molecular formula is C17H28N4O3. The Kier molecular flexibility index (Phi) is 4.80. The molecule has 2 aliphatic heterocycles. The summed E-state index contributed by atoms with van der Waals surface area (Å²) in [6, 6.07) is -0.540. The standard InChI is InChI=1S/C17H28N4O3/c1-12(18)13-7-3-6-10-20(13)14(22)11-21-15(23)17(19-16(21)24)8-4-2-5-9-17/h12-13H,2-11,18H2,1H3,(H,19,24). The van der Waals surface area contributed by atoms with Crippen molar-refractivity contribution >= 4 is 17.8 Å². The highest BCUT2D eigenvalue weighted by atomic mass is 16.2. The Morgan fingerprint density at radius 3 is 2.62 bits per heavy atom. The molecule has 1 aliphatic carbocycles. The highest BCUT2D eigenvalue weighted by molar-refractivity contribution is 6.09. The zero-order chi connectivity index (χ0) is 17.3. The van der Waals surface area contributed by atoms with E-state index in [9.17, 15) is 14.4 Å². The zero-order valence-electron chi connectivity index (χ0n) is 14.4. The molecule has 2 heterocycles. The van der Waals surface area contributed by atoms with Crippen molar-refractivity contribution in [1.82, 2.24) is 15.1 Å². The van der Waals surface area contributed by atoms with Crippen LogP contribution in [0.1, 0.15) is 58.3 Å². The van der Waals surface area contributed by atoms with E-state index in [0.29, 0.717) is 19.4 Å². The van der Waals surface area contributed by atoms with Crippen LogP contribution in [0.2, 0.25) is 0 Å². The van der Waals surface area contributed by atoms with Gasteiger partial charge in [0, 0.05) is 18.6 Å². The molecule has 0 bridgehead atoms. The number of rotatable bonds is 3. The van der Waals surface area contributed by atoms with Crippen molar-refractivity contribution < 1.29 is 14.4 Å². The molecule has 0 aromatic carbocycles. The summed E-state index contributed by atoms with van der Waals surface area (Å²) >= 11 is 0. The third-order valence-corrected chi connectivity index (χ3v) is 5.72. The van der Waals surface area contributed by atoms with E-state index < -0.39 is 11.6 Å². The van der Waals surface area contributed by atoms with Crippen LogP contribution in [0.3, 0.4) is 0 Å². The van der Waals surface area contributed by atoms with Crippen LogP contribution in [-0.4, -0.2) is 58.4 Å². The van der Waals surface area contributed by atoms with Crippen LogP contribution in [-0.2, 0) is 9.59 Å². The summed E-state index contributed by atoms with van der Waals surface area (Å²) in [4.78, 5) is 40.7. The van der Waals surface area contributed by atoms with Crippen LogP contribution in [0, 0.1) is 0 Å². The Labute approximate surface area is 142 Å². The highest BCUT2D eigenvalue weighted by Crippen LogP contribution is 2.33. The van der Waals surface area contributed by atoms with E-state index in [4.69, 9.17) is 5.73 Å². The molecule has 24 heavy (non-hydrogen) atoms. The number of urea groups is 1. The highest BCUT2D eigenvalue weighted by Gasteiger charge is 2.52. The molecule has 1 saturated carbocycles. The minimum Gasteiger partial charge on any atom is -0.337 e. The van der Waals surface area contributed by atoms with Crippen LogP contribution in [0.4, 0.5) is 4.79 Å². The minimum absolute atomic E-state index is 0.00402. The molecule has 4 amide bonds. The first-order chi connectivity index (χ1) is 11.4. The number of piperidine rings is 1. The fourth-order valence-electron chi connectivity index (χ4n) is 4.35. The fraction of sp³-hybridized carbons (Fsp3) is 0.824. The second-order valence-electron chi connectivity index (χ2n) is 7.47. The molecule has 2 unspecified atom stereocenters. The molecule has 3 N–H and O–H groups in total. The van der Waals surface area contributed by atoms with Gasteiger partial charge in [-0.2, -0.15) is 0 Å². The average molecular weight is 336 g/mol. The van der Waals surface area contributed by atoms with E-state index in [1.165, 1.54) is 0 Å². The predicted molar refractivity (Wildman–Crippen MR) is 89.1 cm³/mol. The van der Waals surface area contributed by atoms with E-state index in [-0.39, 0.29) is 30.4 Å². The Morgan fingerprint density at radius 2 is 1.96 bits per heavy atom. The third-order valence-electron chi connectivity index (χ3n) is 5.72. The van der Waals surface area contributed by atoms with Crippen molar-refractivity contribution in [1.29, 1.82) is 0 Å². The molecule has 3 rings (SSSR count). The Balaban J connectivity index is 1.69. The lowest BCUT2D eigenvalue weighted by atomic mass is 9.82. The van der Waals surface area contributed by atoms with Crippen molar-refractivity contribution in [3.05, 3.63) is 0 Å². The monoisotopic (exact) mass is 336 g/mol. The summed E-state index contributed by atoms with van der Waals surface area (Å²) in [6.07, 6.45) is 7.20. The molecule has 0 aromatic rings. The largest absolute Gasteiger partial charge is 0.337 e. The second-order valence-corrected chi connectivity index (χ2v) is 7.47. The molecule has 3 fully saturated rings. The van der Waals surface area contributed by atoms with Crippen LogP contribution < -0.4 is 11.1 Å². The summed E-state index contributed by atoms with van der Waals surface area (Å²) in [5, 5.41) is 2.85. The SMILES string of the molecule is CC(N)C1CCCCN1C(=O)CN1C(=O)NC2(CCCCC2)C1=O. The van der Waals surface area contributed by atoms with Crippen LogP contribution >= 0.6 is 0 Å². The van der Waals surface area contributed by atoms with Gasteiger partial charge >= 0.3 is 6.03 Å². The van der Waals surface area contributed by atoms with Gasteiger partial charge in [-0.3, -0.25) is 14.5 Å². The maximum Gasteiger partial charge on any atom is 0.325 e. The topological polar surface area (TPSA) is 95.7 Å². The molecule has 3 aliphatic rings. The lowest BCUT2D eigenvalue weighted by Crippen LogP contribution is -2.55. The molecule has 1 spiro atoms. The summed E-state index contributed by atoms with van der Waals surface area (Å²) in [6.45, 7) is 2.39. The van der Waals surface area contributed by atoms with Crippen molar-refractivity contribution in [2.45, 2.75) is 75.9 Å². The normalized spacial score (nSPS) is 28.2. The molecule has 0 radical (unpaired) electrons. The number of hydrogen-bond acceptors (Lipinski definition) is 4. The van der Waals surface area contributed by atoms with Crippen molar-refractivity contribution in [3.63, 3.8) is 0 Å². The van der Waals surface area contributed by atoms with Crippen LogP contribution in [0.15, 0.2) is 0 Å². The maximum absolute atomic E-state index is 12.8. The number of nitrogens with two attached hydrogens (primary N) is 1. The average Bonchev–Trinajstić information content (AvgIpc) is 2.79. The maximum atomic E-state index is 12.8. The van der Waals surface area contributed by atoms with E-state index in [0.717, 1.165) is 43.4 Å². The quantitative estimate of drug-likeness (QED) is 0.751. The number of nitrogens with one attached hydrogen (secondary N) is 1. The van der Waals surface area contributed by atoms with Gasteiger partial charge in [-0.25, -0.2) is 4.79 Å². The Morgan fingerprint density at radius 1 is 1.25 bits per heavy atom. The Bertz CT molecular complexity index is 528. The molecule has 2 saturated heterocycles. The van der Waals surface area contributed by atoms with Gasteiger partial charge < -0.3 is 16.0 Å². The first-order valence-electron chi connectivity index (χ1n) is 9.14. The van der Waals surface area contributed by atoms with Crippen molar-refractivity contribution in [3.8, 4) is 0 Å². The summed E-state index contributed by atoms with van der Waals surface area (Å²) in [5.74, 6) is -0.400. The van der Waals surface area contributed by atoms with Gasteiger partial charge in [0.1, 0.15) is 12.1 Å². The summed E-state index contributed by atoms with van der Waals surface area (Å²) < 4.78 is 0. The minimum atomic E-state index is -0.766. The number of likely N-dealkylation sites (tertiary alicyclic amines) is 1. The van der Waals surface area contributed by atoms with Crippen molar-refractivity contribution in [2.75, 3.05) is 13.1 Å². The van der Waals surface area contributed by atoms with Gasteiger partial charge in [-0.15, -0.1) is 0 Å². The molecule has 2 atom stereocenters. The number of imide groups is 1. The first kappa shape index (κ1) is 17.2. The van der Waals surface area contributed by atoms with Gasteiger partial charge in [0.2, 0.25) is 5.91 Å². The number of nitrogens with zero attached hydrogens (tertiary/aromatic N) is 2. The van der Waals surface area contributed by atoms with Gasteiger partial charge in [-0.1, -0.05) is 19.3 Å². The van der Waals surface area contributed by atoms with Gasteiger partial charge in [0.25, 0.3) is 5.91 Å². The third kappa shape index (κ3) is 3.01. The van der Waals surface area contributed by atoms with E-state index >= 15 is 0 Å². The number of hydrogen-bond donors (Lipinski definition) is 2. The van der Waals surface area contributed by atoms with Crippen molar-refractivity contribution in [2.24, 2.45) is 5.73 Å². The lowest BCUT2D eigenvalue weighted by molar-refractivity contribution is -0.141. The summed E-state index contributed by atoms with van der Waals surface area (Å²) in [5.41, 5.74) is 5.25. The molecule has 134 valence electrons. The molecule has 7 heteroatoms.